The topological polar surface area (TPSA) is 105 Å². The van der Waals surface area contributed by atoms with E-state index in [4.69, 9.17) is 10.5 Å². The molecule has 3 aromatic carbocycles. The van der Waals surface area contributed by atoms with Gasteiger partial charge in [-0.25, -0.2) is 0 Å². The SMILES string of the molecule is COc1ccc(NC(C(=O)NC(C)C)c2ccc(C=CC(=O)Nc3ccccc3N)cc2)cc1. The van der Waals surface area contributed by atoms with Gasteiger partial charge in [-0.1, -0.05) is 36.4 Å². The summed E-state index contributed by atoms with van der Waals surface area (Å²) in [4.78, 5) is 25.1. The Kier molecular flexibility index (Phi) is 8.29. The number of para-hydroxylation sites is 2. The minimum absolute atomic E-state index is 0.00652. The fourth-order valence-electron chi connectivity index (χ4n) is 3.28. The maximum atomic E-state index is 12.9. The van der Waals surface area contributed by atoms with Crippen molar-refractivity contribution in [3.63, 3.8) is 0 Å². The number of nitrogen functional groups attached to an aromatic ring is 1. The largest absolute Gasteiger partial charge is 0.497 e. The first kappa shape index (κ1) is 24.4. The molecule has 5 N–H and O–H groups in total. The number of methoxy groups -OCH3 is 1. The third kappa shape index (κ3) is 6.87. The van der Waals surface area contributed by atoms with Crippen LogP contribution in [0.4, 0.5) is 17.1 Å². The molecule has 3 aromatic rings. The minimum Gasteiger partial charge on any atom is -0.497 e. The molecular weight excluding hydrogens is 428 g/mol. The van der Waals surface area contributed by atoms with Crippen molar-refractivity contribution < 1.29 is 14.3 Å². The number of amides is 2. The Balaban J connectivity index is 1.73. The van der Waals surface area contributed by atoms with Crippen molar-refractivity contribution in [2.45, 2.75) is 25.9 Å². The number of carbonyl (C=O) groups excluding carboxylic acids is 2. The van der Waals surface area contributed by atoms with E-state index in [2.05, 4.69) is 16.0 Å². The zero-order chi connectivity index (χ0) is 24.5. The van der Waals surface area contributed by atoms with E-state index < -0.39 is 6.04 Å². The molecule has 1 atom stereocenters. The van der Waals surface area contributed by atoms with Gasteiger partial charge in [0.1, 0.15) is 11.8 Å². The van der Waals surface area contributed by atoms with Gasteiger partial charge >= 0.3 is 0 Å². The Morgan fingerprint density at radius 3 is 2.24 bits per heavy atom. The van der Waals surface area contributed by atoms with E-state index in [-0.39, 0.29) is 17.9 Å². The summed E-state index contributed by atoms with van der Waals surface area (Å²) in [5, 5.41) is 9.01. The van der Waals surface area contributed by atoms with Crippen molar-refractivity contribution in [2.24, 2.45) is 0 Å². The summed E-state index contributed by atoms with van der Waals surface area (Å²) in [6.07, 6.45) is 3.15. The zero-order valence-electron chi connectivity index (χ0n) is 19.5. The Hall–Kier alpha value is -4.26. The molecule has 34 heavy (non-hydrogen) atoms. The number of hydrogen-bond acceptors (Lipinski definition) is 5. The van der Waals surface area contributed by atoms with Crippen LogP contribution in [0.1, 0.15) is 31.0 Å². The van der Waals surface area contributed by atoms with Gasteiger partial charge in [0, 0.05) is 17.8 Å². The van der Waals surface area contributed by atoms with E-state index >= 15 is 0 Å². The van der Waals surface area contributed by atoms with Crippen LogP contribution in [0.2, 0.25) is 0 Å². The van der Waals surface area contributed by atoms with Crippen LogP contribution in [0.25, 0.3) is 6.08 Å². The van der Waals surface area contributed by atoms with Crippen LogP contribution < -0.4 is 26.4 Å². The third-order valence-corrected chi connectivity index (χ3v) is 5.01. The Labute approximate surface area is 200 Å². The van der Waals surface area contributed by atoms with Gasteiger partial charge in [0.2, 0.25) is 11.8 Å². The number of nitrogens with one attached hydrogen (secondary N) is 3. The maximum absolute atomic E-state index is 12.9. The Bertz CT molecular complexity index is 1140. The molecule has 3 rings (SSSR count). The molecule has 0 fully saturated rings. The molecule has 0 saturated carbocycles. The molecule has 0 bridgehead atoms. The highest BCUT2D eigenvalue weighted by Gasteiger charge is 2.21. The van der Waals surface area contributed by atoms with Gasteiger partial charge in [-0.3, -0.25) is 9.59 Å². The number of hydrogen-bond donors (Lipinski definition) is 4. The number of rotatable bonds is 9. The molecule has 0 heterocycles. The first-order valence-electron chi connectivity index (χ1n) is 11.0. The maximum Gasteiger partial charge on any atom is 0.248 e. The molecule has 0 aliphatic carbocycles. The highest BCUT2D eigenvalue weighted by atomic mass is 16.5. The van der Waals surface area contributed by atoms with Crippen LogP contribution in [0.5, 0.6) is 5.75 Å². The molecular formula is C27H30N4O3. The van der Waals surface area contributed by atoms with Crippen molar-refractivity contribution in [3.05, 3.63) is 90.0 Å². The molecule has 0 radical (unpaired) electrons. The van der Waals surface area contributed by atoms with Gasteiger partial charge in [-0.15, -0.1) is 0 Å². The molecule has 0 aromatic heterocycles. The van der Waals surface area contributed by atoms with Gasteiger partial charge < -0.3 is 26.4 Å². The van der Waals surface area contributed by atoms with Crippen LogP contribution in [0, 0.1) is 0 Å². The number of ether oxygens (including phenoxy) is 1. The van der Waals surface area contributed by atoms with Crippen LogP contribution in [0.15, 0.2) is 78.9 Å². The molecule has 7 nitrogen and oxygen atoms in total. The van der Waals surface area contributed by atoms with Crippen molar-refractivity contribution in [1.82, 2.24) is 5.32 Å². The molecule has 176 valence electrons. The standard InChI is InChI=1S/C27H30N4O3/c1-18(2)29-27(33)26(30-21-13-15-22(34-3)16-14-21)20-11-8-19(9-12-20)10-17-25(32)31-24-7-5-4-6-23(24)28/h4-18,26,30H,28H2,1-3H3,(H,29,33)(H,31,32). The quantitative estimate of drug-likeness (QED) is 0.277. The van der Waals surface area contributed by atoms with E-state index in [1.54, 1.807) is 37.5 Å². The summed E-state index contributed by atoms with van der Waals surface area (Å²) in [6.45, 7) is 3.84. The van der Waals surface area contributed by atoms with E-state index in [0.717, 1.165) is 22.6 Å². The number of nitrogens with two attached hydrogens (primary N) is 1. The predicted octanol–water partition coefficient (Wildman–Crippen LogP) is 4.61. The minimum atomic E-state index is -0.585. The molecule has 0 spiro atoms. The van der Waals surface area contributed by atoms with Crippen LogP contribution >= 0.6 is 0 Å². The zero-order valence-corrected chi connectivity index (χ0v) is 19.5. The number of carbonyl (C=O) groups is 2. The fraction of sp³-hybridized carbons (Fsp3) is 0.185. The molecule has 0 saturated heterocycles. The lowest BCUT2D eigenvalue weighted by molar-refractivity contribution is -0.122. The van der Waals surface area contributed by atoms with Crippen LogP contribution in [0.3, 0.4) is 0 Å². The van der Waals surface area contributed by atoms with Gasteiger partial charge in [0.15, 0.2) is 0 Å². The summed E-state index contributed by atoms with van der Waals surface area (Å²) in [6, 6.07) is 21.4. The van der Waals surface area contributed by atoms with Gasteiger partial charge in [0.25, 0.3) is 0 Å². The fourth-order valence-corrected chi connectivity index (χ4v) is 3.28. The molecule has 0 aliphatic rings. The normalized spacial score (nSPS) is 11.8. The highest BCUT2D eigenvalue weighted by molar-refractivity contribution is 6.03. The monoisotopic (exact) mass is 458 g/mol. The van der Waals surface area contributed by atoms with E-state index in [1.807, 2.05) is 62.4 Å². The van der Waals surface area contributed by atoms with Crippen LogP contribution in [-0.2, 0) is 9.59 Å². The lowest BCUT2D eigenvalue weighted by atomic mass is 10.0. The summed E-state index contributed by atoms with van der Waals surface area (Å²) >= 11 is 0. The van der Waals surface area contributed by atoms with Gasteiger partial charge in [-0.05, 0) is 67.4 Å². The summed E-state index contributed by atoms with van der Waals surface area (Å²) in [5.74, 6) is 0.329. The smallest absolute Gasteiger partial charge is 0.248 e. The van der Waals surface area contributed by atoms with Crippen molar-refractivity contribution in [1.29, 1.82) is 0 Å². The second kappa shape index (κ2) is 11.6. The number of anilines is 3. The lowest BCUT2D eigenvalue weighted by Gasteiger charge is -2.21. The van der Waals surface area contributed by atoms with E-state index in [1.165, 1.54) is 6.08 Å². The third-order valence-electron chi connectivity index (χ3n) is 5.01. The molecule has 1 unspecified atom stereocenters. The first-order valence-corrected chi connectivity index (χ1v) is 11.0. The molecule has 0 aliphatic heterocycles. The highest BCUT2D eigenvalue weighted by Crippen LogP contribution is 2.23. The second-order valence-electron chi connectivity index (χ2n) is 8.05. The Morgan fingerprint density at radius 1 is 0.941 bits per heavy atom. The number of benzene rings is 3. The average molecular weight is 459 g/mol. The van der Waals surface area contributed by atoms with E-state index in [0.29, 0.717) is 11.4 Å². The summed E-state index contributed by atoms with van der Waals surface area (Å²) < 4.78 is 5.20. The predicted molar refractivity (Wildman–Crippen MR) is 138 cm³/mol. The Morgan fingerprint density at radius 2 is 1.62 bits per heavy atom. The second-order valence-corrected chi connectivity index (χ2v) is 8.05. The van der Waals surface area contributed by atoms with Crippen molar-refractivity contribution in [3.8, 4) is 5.75 Å². The molecule has 2 amide bonds. The first-order chi connectivity index (χ1) is 16.4. The summed E-state index contributed by atoms with van der Waals surface area (Å²) in [7, 11) is 1.61. The van der Waals surface area contributed by atoms with Gasteiger partial charge in [-0.2, -0.15) is 0 Å². The van der Waals surface area contributed by atoms with Crippen molar-refractivity contribution >= 4 is 35.0 Å². The lowest BCUT2D eigenvalue weighted by Crippen LogP contribution is -2.37. The van der Waals surface area contributed by atoms with E-state index in [9.17, 15) is 9.59 Å². The van der Waals surface area contributed by atoms with Crippen LogP contribution in [-0.4, -0.2) is 25.0 Å². The summed E-state index contributed by atoms with van der Waals surface area (Å²) in [5.41, 5.74) is 9.35. The average Bonchev–Trinajstić information content (AvgIpc) is 2.83. The van der Waals surface area contributed by atoms with Crippen molar-refractivity contribution in [2.75, 3.05) is 23.5 Å². The molecule has 7 heteroatoms. The van der Waals surface area contributed by atoms with Gasteiger partial charge in [0.05, 0.1) is 18.5 Å².